The van der Waals surface area contributed by atoms with Crippen molar-refractivity contribution in [1.29, 1.82) is 0 Å². The molecule has 0 unspecified atom stereocenters. The van der Waals surface area contributed by atoms with Crippen LogP contribution in [0.15, 0.2) is 24.3 Å². The molecule has 1 aliphatic carbocycles. The Hall–Kier alpha value is -1.35. The third kappa shape index (κ3) is 2.98. The van der Waals surface area contributed by atoms with Gasteiger partial charge in [-0.3, -0.25) is 4.79 Å². The van der Waals surface area contributed by atoms with E-state index in [1.54, 1.807) is 0 Å². The van der Waals surface area contributed by atoms with E-state index < -0.39 is 0 Å². The fraction of sp³-hybridized carbons (Fsp3) is 0.611. The van der Waals surface area contributed by atoms with Gasteiger partial charge in [0.05, 0.1) is 0 Å². The van der Waals surface area contributed by atoms with Crippen molar-refractivity contribution >= 4 is 5.91 Å². The predicted octanol–water partition coefficient (Wildman–Crippen LogP) is 2.68. The second-order valence-corrected chi connectivity index (χ2v) is 6.85. The molecule has 2 fully saturated rings. The van der Waals surface area contributed by atoms with E-state index in [0.717, 1.165) is 32.4 Å². The number of rotatable bonds is 3. The minimum Gasteiger partial charge on any atom is -0.342 e. The fourth-order valence-corrected chi connectivity index (χ4v) is 3.69. The van der Waals surface area contributed by atoms with Crippen molar-refractivity contribution < 1.29 is 4.79 Å². The fourth-order valence-electron chi connectivity index (χ4n) is 3.69. The smallest absolute Gasteiger partial charge is 0.226 e. The van der Waals surface area contributed by atoms with Crippen molar-refractivity contribution in [3.63, 3.8) is 0 Å². The summed E-state index contributed by atoms with van der Waals surface area (Å²) in [5, 5.41) is 0. The molecule has 1 heterocycles. The van der Waals surface area contributed by atoms with E-state index in [4.69, 9.17) is 5.73 Å². The van der Waals surface area contributed by atoms with Crippen LogP contribution in [0.1, 0.15) is 43.2 Å². The van der Waals surface area contributed by atoms with Gasteiger partial charge in [0.25, 0.3) is 0 Å². The number of hydrogen-bond acceptors (Lipinski definition) is 2. The van der Waals surface area contributed by atoms with E-state index >= 15 is 0 Å². The second-order valence-electron chi connectivity index (χ2n) is 6.85. The van der Waals surface area contributed by atoms with Gasteiger partial charge in [-0.15, -0.1) is 0 Å². The number of carbonyl (C=O) groups is 1. The first-order chi connectivity index (χ1) is 10.1. The van der Waals surface area contributed by atoms with Crippen molar-refractivity contribution in [3.05, 3.63) is 35.4 Å². The lowest BCUT2D eigenvalue weighted by Gasteiger charge is -2.35. The minimum absolute atomic E-state index is 0.187. The molecular formula is C18H26N2O. The number of aryl methyl sites for hydroxylation is 1. The molecule has 0 radical (unpaired) electrons. The van der Waals surface area contributed by atoms with Crippen LogP contribution in [0.5, 0.6) is 0 Å². The normalized spacial score (nSPS) is 30.0. The van der Waals surface area contributed by atoms with Gasteiger partial charge >= 0.3 is 0 Å². The molecule has 1 saturated heterocycles. The summed E-state index contributed by atoms with van der Waals surface area (Å²) in [6.45, 7) is 5.97. The quantitative estimate of drug-likeness (QED) is 0.928. The average molecular weight is 286 g/mol. The minimum atomic E-state index is 0.187. The first kappa shape index (κ1) is 14.6. The summed E-state index contributed by atoms with van der Waals surface area (Å²) >= 11 is 0. The topological polar surface area (TPSA) is 46.3 Å². The van der Waals surface area contributed by atoms with Crippen molar-refractivity contribution in [3.8, 4) is 0 Å². The van der Waals surface area contributed by atoms with Gasteiger partial charge < -0.3 is 10.6 Å². The molecular weight excluding hydrogens is 260 g/mol. The van der Waals surface area contributed by atoms with E-state index in [2.05, 4.69) is 43.0 Å². The summed E-state index contributed by atoms with van der Waals surface area (Å²) in [4.78, 5) is 14.8. The van der Waals surface area contributed by atoms with Crippen LogP contribution in [0, 0.1) is 18.8 Å². The van der Waals surface area contributed by atoms with Crippen LogP contribution in [0.4, 0.5) is 0 Å². The molecule has 0 bridgehead atoms. The lowest BCUT2D eigenvalue weighted by Crippen LogP contribution is -2.45. The largest absolute Gasteiger partial charge is 0.342 e. The number of carbonyl (C=O) groups excluding carboxylic acids is 1. The number of piperidine rings is 1. The lowest BCUT2D eigenvalue weighted by atomic mass is 9.92. The highest BCUT2D eigenvalue weighted by molar-refractivity contribution is 5.83. The lowest BCUT2D eigenvalue weighted by molar-refractivity contribution is -0.134. The molecule has 114 valence electrons. The number of likely N-dealkylation sites (tertiary alicyclic amines) is 1. The average Bonchev–Trinajstić information content (AvgIpc) is 3.27. The van der Waals surface area contributed by atoms with E-state index in [-0.39, 0.29) is 12.0 Å². The Morgan fingerprint density at radius 1 is 1.38 bits per heavy atom. The molecule has 3 rings (SSSR count). The van der Waals surface area contributed by atoms with Crippen LogP contribution in [-0.2, 0) is 4.79 Å². The van der Waals surface area contributed by atoms with Gasteiger partial charge in [-0.2, -0.15) is 0 Å². The SMILES string of the molecule is Cc1ccccc1[C@@H]1C[C@@H]1C(=O)N1CCC[C@H]([C@@H](C)N)C1. The number of hydrogen-bond donors (Lipinski definition) is 1. The molecule has 1 aromatic carbocycles. The van der Waals surface area contributed by atoms with Gasteiger partial charge in [-0.1, -0.05) is 24.3 Å². The molecule has 2 aliphatic rings. The molecule has 21 heavy (non-hydrogen) atoms. The highest BCUT2D eigenvalue weighted by Gasteiger charge is 2.46. The summed E-state index contributed by atoms with van der Waals surface area (Å²) < 4.78 is 0. The van der Waals surface area contributed by atoms with Crippen LogP contribution < -0.4 is 5.73 Å². The van der Waals surface area contributed by atoms with Crippen LogP contribution in [0.2, 0.25) is 0 Å². The number of nitrogens with two attached hydrogens (primary N) is 1. The summed E-state index contributed by atoms with van der Waals surface area (Å²) in [6.07, 6.45) is 3.27. The van der Waals surface area contributed by atoms with E-state index in [0.29, 0.717) is 17.7 Å². The molecule has 1 amide bonds. The van der Waals surface area contributed by atoms with Gasteiger partial charge in [0, 0.05) is 25.0 Å². The Morgan fingerprint density at radius 2 is 2.14 bits per heavy atom. The summed E-state index contributed by atoms with van der Waals surface area (Å²) in [5.74, 6) is 1.47. The first-order valence-corrected chi connectivity index (χ1v) is 8.18. The van der Waals surface area contributed by atoms with E-state index in [1.165, 1.54) is 11.1 Å². The second kappa shape index (κ2) is 5.80. The predicted molar refractivity (Wildman–Crippen MR) is 85.0 cm³/mol. The standard InChI is InChI=1S/C18H26N2O/c1-12-6-3-4-8-15(12)16-10-17(16)18(21)20-9-5-7-14(11-20)13(2)19/h3-4,6,8,13-14,16-17H,5,7,9-11,19H2,1-2H3/t13-,14+,16+,17+/m1/s1. The zero-order chi connectivity index (χ0) is 15.0. The van der Waals surface area contributed by atoms with E-state index in [9.17, 15) is 4.79 Å². The number of benzene rings is 1. The number of amides is 1. The van der Waals surface area contributed by atoms with Gasteiger partial charge in [-0.25, -0.2) is 0 Å². The molecule has 0 aromatic heterocycles. The number of nitrogens with zero attached hydrogens (tertiary/aromatic N) is 1. The summed E-state index contributed by atoms with van der Waals surface area (Å²) in [7, 11) is 0. The molecule has 3 heteroatoms. The van der Waals surface area contributed by atoms with Crippen molar-refractivity contribution in [2.24, 2.45) is 17.6 Å². The Morgan fingerprint density at radius 3 is 2.86 bits per heavy atom. The molecule has 3 nitrogen and oxygen atoms in total. The van der Waals surface area contributed by atoms with Crippen LogP contribution >= 0.6 is 0 Å². The molecule has 2 N–H and O–H groups in total. The maximum atomic E-state index is 12.7. The van der Waals surface area contributed by atoms with Crippen molar-refractivity contribution in [2.45, 2.75) is 45.1 Å². The molecule has 4 atom stereocenters. The third-order valence-corrected chi connectivity index (χ3v) is 5.21. The van der Waals surface area contributed by atoms with Crippen LogP contribution in [0.25, 0.3) is 0 Å². The van der Waals surface area contributed by atoms with Gasteiger partial charge in [0.2, 0.25) is 5.91 Å². The molecule has 1 aromatic rings. The van der Waals surface area contributed by atoms with Crippen LogP contribution in [0.3, 0.4) is 0 Å². The Bertz CT molecular complexity index is 526. The maximum absolute atomic E-state index is 12.7. The van der Waals surface area contributed by atoms with Crippen molar-refractivity contribution in [2.75, 3.05) is 13.1 Å². The Kier molecular flexibility index (Phi) is 4.03. The summed E-state index contributed by atoms with van der Waals surface area (Å²) in [5.41, 5.74) is 8.69. The Balaban J connectivity index is 1.64. The van der Waals surface area contributed by atoms with Gasteiger partial charge in [0.15, 0.2) is 0 Å². The Labute approximate surface area is 127 Å². The highest BCUT2D eigenvalue weighted by atomic mass is 16.2. The highest BCUT2D eigenvalue weighted by Crippen LogP contribution is 2.49. The van der Waals surface area contributed by atoms with Gasteiger partial charge in [-0.05, 0) is 56.1 Å². The molecule has 0 spiro atoms. The summed E-state index contributed by atoms with van der Waals surface area (Å²) in [6, 6.07) is 8.65. The van der Waals surface area contributed by atoms with E-state index in [1.807, 2.05) is 0 Å². The van der Waals surface area contributed by atoms with Crippen molar-refractivity contribution in [1.82, 2.24) is 4.90 Å². The van der Waals surface area contributed by atoms with Gasteiger partial charge in [0.1, 0.15) is 0 Å². The maximum Gasteiger partial charge on any atom is 0.226 e. The molecule has 1 aliphatic heterocycles. The zero-order valence-electron chi connectivity index (χ0n) is 13.1. The molecule has 1 saturated carbocycles. The monoisotopic (exact) mass is 286 g/mol. The van der Waals surface area contributed by atoms with Crippen LogP contribution in [-0.4, -0.2) is 29.9 Å². The first-order valence-electron chi connectivity index (χ1n) is 8.18. The zero-order valence-corrected chi connectivity index (χ0v) is 13.1. The third-order valence-electron chi connectivity index (χ3n) is 5.21.